The van der Waals surface area contributed by atoms with Crippen LogP contribution < -0.4 is 5.32 Å². The van der Waals surface area contributed by atoms with Crippen LogP contribution in [0, 0.1) is 0 Å². The lowest BCUT2D eigenvalue weighted by Crippen LogP contribution is -2.48. The number of anilines is 1. The summed E-state index contributed by atoms with van der Waals surface area (Å²) in [7, 11) is 0. The van der Waals surface area contributed by atoms with E-state index in [1.54, 1.807) is 11.3 Å². The van der Waals surface area contributed by atoms with E-state index in [9.17, 15) is 9.59 Å². The minimum absolute atomic E-state index is 0.0568. The predicted molar refractivity (Wildman–Crippen MR) is 128 cm³/mol. The van der Waals surface area contributed by atoms with Crippen LogP contribution in [0.3, 0.4) is 0 Å². The summed E-state index contributed by atoms with van der Waals surface area (Å²) in [5, 5.41) is 3.71. The zero-order valence-electron chi connectivity index (χ0n) is 19.1. The van der Waals surface area contributed by atoms with Crippen LogP contribution in [0.4, 0.5) is 5.00 Å². The van der Waals surface area contributed by atoms with Crippen LogP contribution in [0.5, 0.6) is 0 Å². The second kappa shape index (κ2) is 10.6. The Hall–Kier alpha value is -2.22. The highest BCUT2D eigenvalue weighted by Gasteiger charge is 2.28. The summed E-state index contributed by atoms with van der Waals surface area (Å²) in [5.41, 5.74) is 2.98. The molecule has 1 aromatic heterocycles. The first kappa shape index (κ1) is 23.0. The van der Waals surface area contributed by atoms with Crippen molar-refractivity contribution in [3.05, 3.63) is 51.9 Å². The molecule has 32 heavy (non-hydrogen) atoms. The van der Waals surface area contributed by atoms with Crippen molar-refractivity contribution >= 4 is 28.2 Å². The SMILES string of the molecule is CC(C)OC(=O)c1c(NC(=O)CN2CCN(Cc3ccccc3)CC2)sc2c1CCCC2. The Morgan fingerprint density at radius 1 is 1.03 bits per heavy atom. The second-order valence-electron chi connectivity index (χ2n) is 8.96. The van der Waals surface area contributed by atoms with Gasteiger partial charge in [0.25, 0.3) is 0 Å². The van der Waals surface area contributed by atoms with Gasteiger partial charge in [0, 0.05) is 37.6 Å². The predicted octanol–water partition coefficient (Wildman–Crippen LogP) is 3.95. The van der Waals surface area contributed by atoms with Crippen LogP contribution in [0.15, 0.2) is 30.3 Å². The number of piperazine rings is 1. The van der Waals surface area contributed by atoms with E-state index in [4.69, 9.17) is 4.74 Å². The van der Waals surface area contributed by atoms with Crippen molar-refractivity contribution in [2.24, 2.45) is 0 Å². The highest BCUT2D eigenvalue weighted by atomic mass is 32.1. The molecular formula is C25H33N3O3S. The summed E-state index contributed by atoms with van der Waals surface area (Å²) in [6.07, 6.45) is 3.88. The van der Waals surface area contributed by atoms with E-state index in [0.717, 1.165) is 64.0 Å². The van der Waals surface area contributed by atoms with Gasteiger partial charge in [-0.05, 0) is 50.7 Å². The van der Waals surface area contributed by atoms with Crippen molar-refractivity contribution in [1.29, 1.82) is 0 Å². The highest BCUT2D eigenvalue weighted by molar-refractivity contribution is 7.17. The number of fused-ring (bicyclic) bond motifs is 1. The van der Waals surface area contributed by atoms with Gasteiger partial charge in [0.1, 0.15) is 5.00 Å². The lowest BCUT2D eigenvalue weighted by atomic mass is 9.95. The lowest BCUT2D eigenvalue weighted by Gasteiger charge is -2.34. The fraction of sp³-hybridized carbons (Fsp3) is 0.520. The molecule has 0 bridgehead atoms. The number of nitrogens with one attached hydrogen (secondary N) is 1. The molecule has 0 radical (unpaired) electrons. The van der Waals surface area contributed by atoms with Gasteiger partial charge in [0.15, 0.2) is 0 Å². The molecule has 1 saturated heterocycles. The third kappa shape index (κ3) is 5.77. The van der Waals surface area contributed by atoms with Crippen molar-refractivity contribution in [3.63, 3.8) is 0 Å². The number of carbonyl (C=O) groups is 2. The van der Waals surface area contributed by atoms with E-state index < -0.39 is 0 Å². The van der Waals surface area contributed by atoms with Gasteiger partial charge in [-0.2, -0.15) is 0 Å². The van der Waals surface area contributed by atoms with E-state index in [0.29, 0.717) is 17.1 Å². The Kier molecular flexibility index (Phi) is 7.60. The Balaban J connectivity index is 1.34. The number of thiophene rings is 1. The molecule has 172 valence electrons. The number of rotatable bonds is 7. The van der Waals surface area contributed by atoms with Crippen LogP contribution >= 0.6 is 11.3 Å². The zero-order valence-corrected chi connectivity index (χ0v) is 19.9. The topological polar surface area (TPSA) is 61.9 Å². The first-order valence-corrected chi connectivity index (χ1v) is 12.4. The largest absolute Gasteiger partial charge is 0.459 e. The molecule has 6 nitrogen and oxygen atoms in total. The molecule has 1 aromatic carbocycles. The average Bonchev–Trinajstić information content (AvgIpc) is 3.13. The number of benzene rings is 1. The number of hydrogen-bond acceptors (Lipinski definition) is 6. The summed E-state index contributed by atoms with van der Waals surface area (Å²) >= 11 is 1.55. The van der Waals surface area contributed by atoms with Gasteiger partial charge in [-0.3, -0.25) is 14.6 Å². The van der Waals surface area contributed by atoms with Crippen molar-refractivity contribution in [2.75, 3.05) is 38.0 Å². The standard InChI is InChI=1S/C25H33N3O3S/c1-18(2)31-25(30)23-20-10-6-7-11-21(20)32-24(23)26-22(29)17-28-14-12-27(13-15-28)16-19-8-4-3-5-9-19/h3-5,8-9,18H,6-7,10-17H2,1-2H3,(H,26,29). The van der Waals surface area contributed by atoms with Gasteiger partial charge < -0.3 is 10.1 Å². The van der Waals surface area contributed by atoms with Crippen molar-refractivity contribution in [2.45, 2.75) is 52.2 Å². The van der Waals surface area contributed by atoms with Crippen molar-refractivity contribution in [3.8, 4) is 0 Å². The molecule has 1 N–H and O–H groups in total. The van der Waals surface area contributed by atoms with E-state index in [-0.39, 0.29) is 18.0 Å². The van der Waals surface area contributed by atoms with Crippen LogP contribution in [0.1, 0.15) is 53.1 Å². The number of esters is 1. The molecule has 7 heteroatoms. The summed E-state index contributed by atoms with van der Waals surface area (Å²) in [6, 6.07) is 10.5. The molecule has 2 heterocycles. The van der Waals surface area contributed by atoms with Gasteiger partial charge in [0.2, 0.25) is 5.91 Å². The maximum atomic E-state index is 12.9. The van der Waals surface area contributed by atoms with Crippen molar-refractivity contribution < 1.29 is 14.3 Å². The summed E-state index contributed by atoms with van der Waals surface area (Å²) < 4.78 is 5.49. The van der Waals surface area contributed by atoms with Gasteiger partial charge in [0.05, 0.1) is 18.2 Å². The number of hydrogen-bond donors (Lipinski definition) is 1. The van der Waals surface area contributed by atoms with Crippen LogP contribution in [0.25, 0.3) is 0 Å². The Bertz CT molecular complexity index is 933. The maximum absolute atomic E-state index is 12.9. The molecule has 1 aliphatic carbocycles. The average molecular weight is 456 g/mol. The normalized spacial score (nSPS) is 17.2. The molecule has 4 rings (SSSR count). The van der Waals surface area contributed by atoms with Gasteiger partial charge in [-0.1, -0.05) is 30.3 Å². The number of aryl methyl sites for hydroxylation is 1. The molecule has 0 atom stereocenters. The Morgan fingerprint density at radius 3 is 2.44 bits per heavy atom. The molecule has 1 fully saturated rings. The summed E-state index contributed by atoms with van der Waals surface area (Å²) in [6.45, 7) is 8.62. The third-order valence-electron chi connectivity index (χ3n) is 6.05. The monoisotopic (exact) mass is 455 g/mol. The summed E-state index contributed by atoms with van der Waals surface area (Å²) in [4.78, 5) is 31.5. The number of nitrogens with zero attached hydrogens (tertiary/aromatic N) is 2. The zero-order chi connectivity index (χ0) is 22.5. The maximum Gasteiger partial charge on any atom is 0.341 e. The van der Waals surface area contributed by atoms with Gasteiger partial charge in [-0.15, -0.1) is 11.3 Å². The lowest BCUT2D eigenvalue weighted by molar-refractivity contribution is -0.117. The Morgan fingerprint density at radius 2 is 1.72 bits per heavy atom. The minimum Gasteiger partial charge on any atom is -0.459 e. The van der Waals surface area contributed by atoms with Gasteiger partial charge in [-0.25, -0.2) is 4.79 Å². The molecule has 1 aliphatic heterocycles. The van der Waals surface area contributed by atoms with Crippen molar-refractivity contribution in [1.82, 2.24) is 9.80 Å². The quantitative estimate of drug-likeness (QED) is 0.641. The van der Waals surface area contributed by atoms with E-state index in [1.165, 1.54) is 10.4 Å². The van der Waals surface area contributed by atoms with Gasteiger partial charge >= 0.3 is 5.97 Å². The van der Waals surface area contributed by atoms with Crippen LogP contribution in [-0.4, -0.2) is 60.5 Å². The molecule has 2 aromatic rings. The first-order chi connectivity index (χ1) is 15.5. The smallest absolute Gasteiger partial charge is 0.341 e. The first-order valence-electron chi connectivity index (χ1n) is 11.6. The fourth-order valence-corrected chi connectivity index (χ4v) is 5.75. The number of carbonyl (C=O) groups excluding carboxylic acids is 2. The highest BCUT2D eigenvalue weighted by Crippen LogP contribution is 2.38. The van der Waals surface area contributed by atoms with Crippen LogP contribution in [-0.2, 0) is 28.9 Å². The number of amides is 1. The summed E-state index contributed by atoms with van der Waals surface area (Å²) in [5.74, 6) is -0.372. The minimum atomic E-state index is -0.316. The second-order valence-corrected chi connectivity index (χ2v) is 10.1. The molecule has 0 saturated carbocycles. The molecule has 1 amide bonds. The van der Waals surface area contributed by atoms with Crippen LogP contribution in [0.2, 0.25) is 0 Å². The molecule has 2 aliphatic rings. The van der Waals surface area contributed by atoms with E-state index in [1.807, 2.05) is 19.9 Å². The van der Waals surface area contributed by atoms with E-state index >= 15 is 0 Å². The molecule has 0 unspecified atom stereocenters. The fourth-order valence-electron chi connectivity index (χ4n) is 4.46. The Labute approximate surface area is 194 Å². The number of ether oxygens (including phenoxy) is 1. The molecule has 0 spiro atoms. The third-order valence-corrected chi connectivity index (χ3v) is 7.26. The van der Waals surface area contributed by atoms with E-state index in [2.05, 4.69) is 39.4 Å². The molecular weight excluding hydrogens is 422 g/mol.